The van der Waals surface area contributed by atoms with Gasteiger partial charge in [0, 0.05) is 5.56 Å². The number of benzene rings is 3. The molecular weight excluding hydrogens is 500 g/mol. The number of hydrogen-bond acceptors (Lipinski definition) is 5. The fraction of sp³-hybridized carbons (Fsp3) is 0.200. The van der Waals surface area contributed by atoms with Gasteiger partial charge in [0.2, 0.25) is 4.77 Å². The van der Waals surface area contributed by atoms with E-state index in [4.69, 9.17) is 21.7 Å². The Kier molecular flexibility index (Phi) is 7.47. The van der Waals surface area contributed by atoms with Crippen LogP contribution in [0, 0.1) is 11.7 Å². The van der Waals surface area contributed by atoms with Crippen molar-refractivity contribution >= 4 is 28.1 Å². The average Bonchev–Trinajstić information content (AvgIpc) is 3.19. The van der Waals surface area contributed by atoms with E-state index in [-0.39, 0.29) is 0 Å². The summed E-state index contributed by atoms with van der Waals surface area (Å²) in [6, 6.07) is 22.1. The van der Waals surface area contributed by atoms with Crippen LogP contribution < -0.4 is 14.9 Å². The SMILES string of the molecule is CCOc1cc(CNn2c(-c3ccccc3)n[nH]c2=S)cc(Br)c1OCc1ccccc1C. The molecule has 0 saturated carbocycles. The van der Waals surface area contributed by atoms with E-state index in [1.165, 1.54) is 5.56 Å². The minimum absolute atomic E-state index is 0.466. The van der Waals surface area contributed by atoms with Crippen LogP contribution >= 0.6 is 28.1 Å². The molecule has 0 bridgehead atoms. The second-order valence-corrected chi connectivity index (χ2v) is 8.68. The first-order valence-electron chi connectivity index (χ1n) is 10.7. The van der Waals surface area contributed by atoms with Gasteiger partial charge in [-0.2, -0.15) is 5.10 Å². The molecule has 8 heteroatoms. The molecule has 0 saturated heterocycles. The van der Waals surface area contributed by atoms with Crippen LogP contribution in [0.25, 0.3) is 11.4 Å². The van der Waals surface area contributed by atoms with Crippen molar-refractivity contribution in [3.8, 4) is 22.9 Å². The Morgan fingerprint density at radius 2 is 1.82 bits per heavy atom. The highest BCUT2D eigenvalue weighted by Gasteiger charge is 2.14. The number of aromatic nitrogens is 3. The summed E-state index contributed by atoms with van der Waals surface area (Å²) >= 11 is 9.09. The number of ether oxygens (including phenoxy) is 2. The van der Waals surface area contributed by atoms with E-state index in [1.807, 2.05) is 61.5 Å². The van der Waals surface area contributed by atoms with Crippen LogP contribution in [0.3, 0.4) is 0 Å². The number of halogens is 1. The molecule has 0 aliphatic carbocycles. The molecule has 0 fully saturated rings. The highest BCUT2D eigenvalue weighted by molar-refractivity contribution is 9.10. The van der Waals surface area contributed by atoms with Crippen molar-refractivity contribution in [1.82, 2.24) is 14.9 Å². The molecule has 0 radical (unpaired) electrons. The molecule has 0 unspecified atom stereocenters. The van der Waals surface area contributed by atoms with Gasteiger partial charge in [0.1, 0.15) is 6.61 Å². The normalized spacial score (nSPS) is 10.8. The smallest absolute Gasteiger partial charge is 0.214 e. The average molecular weight is 525 g/mol. The van der Waals surface area contributed by atoms with E-state index in [0.29, 0.717) is 36.0 Å². The van der Waals surface area contributed by atoms with Gasteiger partial charge in [-0.3, -0.25) is 0 Å². The molecule has 0 amide bonds. The Hall–Kier alpha value is -3.10. The minimum atomic E-state index is 0.466. The Balaban J connectivity index is 1.54. The van der Waals surface area contributed by atoms with Gasteiger partial charge in [0.25, 0.3) is 0 Å². The summed E-state index contributed by atoms with van der Waals surface area (Å²) in [5.41, 5.74) is 7.67. The molecule has 2 N–H and O–H groups in total. The fourth-order valence-corrected chi connectivity index (χ4v) is 4.24. The number of aryl methyl sites for hydroxylation is 1. The van der Waals surface area contributed by atoms with Crippen LogP contribution in [0.4, 0.5) is 0 Å². The predicted molar refractivity (Wildman–Crippen MR) is 137 cm³/mol. The van der Waals surface area contributed by atoms with Gasteiger partial charge in [-0.1, -0.05) is 54.6 Å². The number of rotatable bonds is 9. The van der Waals surface area contributed by atoms with E-state index < -0.39 is 0 Å². The molecule has 1 aromatic heterocycles. The number of aromatic amines is 1. The topological polar surface area (TPSA) is 64.1 Å². The van der Waals surface area contributed by atoms with E-state index in [1.54, 1.807) is 4.68 Å². The zero-order valence-corrected chi connectivity index (χ0v) is 20.9. The molecule has 1 heterocycles. The van der Waals surface area contributed by atoms with Gasteiger partial charge in [-0.15, -0.1) is 0 Å². The molecule has 33 heavy (non-hydrogen) atoms. The Labute approximate surface area is 206 Å². The first kappa shape index (κ1) is 23.1. The van der Waals surface area contributed by atoms with Gasteiger partial charge < -0.3 is 14.9 Å². The molecule has 170 valence electrons. The molecule has 0 aliphatic rings. The molecule has 0 spiro atoms. The van der Waals surface area contributed by atoms with Crippen LogP contribution in [0.2, 0.25) is 0 Å². The maximum absolute atomic E-state index is 6.16. The van der Waals surface area contributed by atoms with Crippen molar-refractivity contribution < 1.29 is 9.47 Å². The molecule has 3 aromatic carbocycles. The van der Waals surface area contributed by atoms with Crippen LogP contribution in [-0.4, -0.2) is 21.5 Å². The van der Waals surface area contributed by atoms with Crippen molar-refractivity contribution in [2.75, 3.05) is 12.0 Å². The van der Waals surface area contributed by atoms with Gasteiger partial charge in [0.15, 0.2) is 17.3 Å². The Morgan fingerprint density at radius 3 is 2.58 bits per heavy atom. The highest BCUT2D eigenvalue weighted by Crippen LogP contribution is 2.37. The lowest BCUT2D eigenvalue weighted by Gasteiger charge is -2.17. The van der Waals surface area contributed by atoms with Crippen LogP contribution in [-0.2, 0) is 13.2 Å². The van der Waals surface area contributed by atoms with Gasteiger partial charge in [0.05, 0.1) is 17.6 Å². The molecule has 4 aromatic rings. The fourth-order valence-electron chi connectivity index (χ4n) is 3.44. The zero-order chi connectivity index (χ0) is 23.2. The summed E-state index contributed by atoms with van der Waals surface area (Å²) < 4.78 is 15.2. The molecule has 6 nitrogen and oxygen atoms in total. The maximum Gasteiger partial charge on any atom is 0.214 e. The van der Waals surface area contributed by atoms with E-state index in [0.717, 1.165) is 27.0 Å². The predicted octanol–water partition coefficient (Wildman–Crippen LogP) is 6.40. The zero-order valence-electron chi connectivity index (χ0n) is 18.5. The van der Waals surface area contributed by atoms with Crippen molar-refractivity contribution in [3.05, 3.63) is 92.7 Å². The lowest BCUT2D eigenvalue weighted by molar-refractivity contribution is 0.267. The highest BCUT2D eigenvalue weighted by atomic mass is 79.9. The van der Waals surface area contributed by atoms with Gasteiger partial charge >= 0.3 is 0 Å². The van der Waals surface area contributed by atoms with E-state index >= 15 is 0 Å². The summed E-state index contributed by atoms with van der Waals surface area (Å²) in [4.78, 5) is 0. The lowest BCUT2D eigenvalue weighted by Crippen LogP contribution is -2.16. The van der Waals surface area contributed by atoms with Crippen molar-refractivity contribution in [2.24, 2.45) is 0 Å². The van der Waals surface area contributed by atoms with Crippen LogP contribution in [0.15, 0.2) is 71.2 Å². The quantitative estimate of drug-likeness (QED) is 0.248. The summed E-state index contributed by atoms with van der Waals surface area (Å²) in [5, 5.41) is 7.23. The molecule has 0 atom stereocenters. The van der Waals surface area contributed by atoms with E-state index in [9.17, 15) is 0 Å². The number of nitrogens with zero attached hydrogens (tertiary/aromatic N) is 2. The second-order valence-electron chi connectivity index (χ2n) is 7.44. The summed E-state index contributed by atoms with van der Waals surface area (Å²) in [6.45, 7) is 5.56. The first-order chi connectivity index (χ1) is 16.1. The molecule has 4 rings (SSSR count). The molecule has 0 aliphatic heterocycles. The lowest BCUT2D eigenvalue weighted by atomic mass is 10.1. The third-order valence-electron chi connectivity index (χ3n) is 5.15. The Bertz CT molecular complexity index is 1290. The van der Waals surface area contributed by atoms with Gasteiger partial charge in [-0.05, 0) is 70.8 Å². The van der Waals surface area contributed by atoms with Crippen LogP contribution in [0.1, 0.15) is 23.6 Å². The monoisotopic (exact) mass is 524 g/mol. The van der Waals surface area contributed by atoms with Crippen molar-refractivity contribution in [1.29, 1.82) is 0 Å². The minimum Gasteiger partial charge on any atom is -0.490 e. The Morgan fingerprint density at radius 1 is 1.06 bits per heavy atom. The third-order valence-corrected chi connectivity index (χ3v) is 6.01. The summed E-state index contributed by atoms with van der Waals surface area (Å²) in [6.07, 6.45) is 0. The standard InChI is InChI=1S/C25H25BrN4O2S/c1-3-31-22-14-18(13-21(26)23(22)32-16-20-12-8-7-9-17(20)2)15-27-30-24(28-29-25(30)33)19-10-5-4-6-11-19/h4-14,27H,3,15-16H2,1-2H3,(H,29,33). The largest absolute Gasteiger partial charge is 0.490 e. The molecular formula is C25H25BrN4O2S. The van der Waals surface area contributed by atoms with Crippen LogP contribution in [0.5, 0.6) is 11.5 Å². The summed E-state index contributed by atoms with van der Waals surface area (Å²) in [5.74, 6) is 2.10. The number of H-pyrrole nitrogens is 1. The summed E-state index contributed by atoms with van der Waals surface area (Å²) in [7, 11) is 0. The second kappa shape index (κ2) is 10.7. The van der Waals surface area contributed by atoms with E-state index in [2.05, 4.69) is 50.6 Å². The number of nitrogens with one attached hydrogen (secondary N) is 2. The van der Waals surface area contributed by atoms with Crippen molar-refractivity contribution in [2.45, 2.75) is 27.0 Å². The van der Waals surface area contributed by atoms with Crippen molar-refractivity contribution in [3.63, 3.8) is 0 Å². The maximum atomic E-state index is 6.16. The van der Waals surface area contributed by atoms with Gasteiger partial charge in [-0.25, -0.2) is 9.77 Å². The third kappa shape index (κ3) is 5.46. The first-order valence-corrected chi connectivity index (χ1v) is 11.9. The number of hydrogen-bond donors (Lipinski definition) is 2.